The third-order valence-corrected chi connectivity index (χ3v) is 4.11. The summed E-state index contributed by atoms with van der Waals surface area (Å²) in [7, 11) is 0. The monoisotopic (exact) mass is 322 g/mol. The average Bonchev–Trinajstić information content (AvgIpc) is 2.47. The largest absolute Gasteiger partial charge is 0.456 e. The van der Waals surface area contributed by atoms with Gasteiger partial charge in [-0.1, -0.05) is 90.1 Å². The van der Waals surface area contributed by atoms with E-state index in [1.54, 1.807) is 0 Å². The van der Waals surface area contributed by atoms with E-state index < -0.39 is 0 Å². The van der Waals surface area contributed by atoms with Crippen molar-refractivity contribution in [2.24, 2.45) is 0 Å². The van der Waals surface area contributed by atoms with Crippen LogP contribution >= 0.6 is 0 Å². The molecule has 0 N–H and O–H groups in total. The predicted octanol–water partition coefficient (Wildman–Crippen LogP) is 7.11. The number of para-hydroxylation sites is 2. The van der Waals surface area contributed by atoms with Crippen LogP contribution in [-0.4, -0.2) is 0 Å². The maximum Gasteiger partial charge on any atom is 0.134 e. The molecule has 0 aliphatic carbocycles. The molecule has 128 valence electrons. The normalized spacial score (nSPS) is 12.6. The highest BCUT2D eigenvalue weighted by molar-refractivity contribution is 5.59. The van der Waals surface area contributed by atoms with E-state index in [0.717, 1.165) is 17.1 Å². The summed E-state index contributed by atoms with van der Waals surface area (Å²) >= 11 is 0. The molecule has 0 atom stereocenters. The van der Waals surface area contributed by atoms with Gasteiger partial charge in [-0.3, -0.25) is 0 Å². The Morgan fingerprint density at radius 1 is 0.750 bits per heavy atom. The number of hydrogen-bond donors (Lipinski definition) is 0. The van der Waals surface area contributed by atoms with Gasteiger partial charge in [-0.15, -0.1) is 0 Å². The summed E-state index contributed by atoms with van der Waals surface area (Å²) in [4.78, 5) is 0. The lowest BCUT2D eigenvalue weighted by Crippen LogP contribution is -2.18. The fraction of sp³-hybridized carbons (Fsp3) is 0.391. The Morgan fingerprint density at radius 3 is 1.79 bits per heavy atom. The number of benzene rings is 2. The van der Waals surface area contributed by atoms with Gasteiger partial charge in [0.05, 0.1) is 0 Å². The summed E-state index contributed by atoms with van der Waals surface area (Å²) < 4.78 is 6.53. The van der Waals surface area contributed by atoms with Crippen molar-refractivity contribution in [1.29, 1.82) is 0 Å². The van der Waals surface area contributed by atoms with E-state index in [4.69, 9.17) is 4.74 Å². The van der Waals surface area contributed by atoms with E-state index in [1.807, 2.05) is 31.2 Å². The number of allylic oxidation sites excluding steroid dienone is 1. The Morgan fingerprint density at radius 2 is 1.29 bits per heavy atom. The van der Waals surface area contributed by atoms with Gasteiger partial charge < -0.3 is 4.74 Å². The zero-order valence-electron chi connectivity index (χ0n) is 16.1. The van der Waals surface area contributed by atoms with Gasteiger partial charge >= 0.3 is 0 Å². The predicted molar refractivity (Wildman–Crippen MR) is 105 cm³/mol. The molecule has 0 radical (unpaired) electrons. The second kappa shape index (κ2) is 6.84. The van der Waals surface area contributed by atoms with Crippen LogP contribution in [0.1, 0.15) is 65.2 Å². The van der Waals surface area contributed by atoms with Crippen LogP contribution in [-0.2, 0) is 10.8 Å². The van der Waals surface area contributed by atoms with Crippen LogP contribution in [0.4, 0.5) is 0 Å². The van der Waals surface area contributed by atoms with Crippen molar-refractivity contribution < 1.29 is 4.74 Å². The molecule has 0 aliphatic rings. The maximum absolute atomic E-state index is 6.53. The third kappa shape index (κ3) is 4.08. The number of hydrogen-bond acceptors (Lipinski definition) is 1. The molecule has 0 spiro atoms. The molecule has 0 saturated heterocycles. The first-order valence-corrected chi connectivity index (χ1v) is 8.68. The molecule has 0 aromatic heterocycles. The molecule has 0 unspecified atom stereocenters. The molecule has 2 rings (SSSR count). The highest BCUT2D eigenvalue weighted by Gasteiger charge is 2.27. The van der Waals surface area contributed by atoms with Crippen molar-refractivity contribution in [1.82, 2.24) is 0 Å². The topological polar surface area (TPSA) is 9.23 Å². The highest BCUT2D eigenvalue weighted by atomic mass is 16.5. The molecular weight excluding hydrogens is 292 g/mol. The molecule has 0 amide bonds. The Labute approximate surface area is 147 Å². The molecule has 1 heteroatoms. The zero-order valence-corrected chi connectivity index (χ0v) is 16.1. The van der Waals surface area contributed by atoms with Crippen LogP contribution in [0.2, 0.25) is 0 Å². The molecule has 0 aliphatic heterocycles. The SMILES string of the molecule is CC=Cc1ccccc1Oc1c(C(C)(C)C)cccc1C(C)(C)C. The summed E-state index contributed by atoms with van der Waals surface area (Å²) in [5, 5.41) is 0. The minimum atomic E-state index is 0.0200. The Kier molecular flexibility index (Phi) is 5.22. The Balaban J connectivity index is 2.65. The van der Waals surface area contributed by atoms with E-state index in [9.17, 15) is 0 Å². The lowest BCUT2D eigenvalue weighted by Gasteiger charge is -2.29. The van der Waals surface area contributed by atoms with Gasteiger partial charge in [0.1, 0.15) is 11.5 Å². The quantitative estimate of drug-likeness (QED) is 0.585. The van der Waals surface area contributed by atoms with Crippen molar-refractivity contribution in [3.05, 3.63) is 65.2 Å². The molecular formula is C23H30O. The van der Waals surface area contributed by atoms with E-state index in [2.05, 4.69) is 71.9 Å². The van der Waals surface area contributed by atoms with Crippen LogP contribution in [0.5, 0.6) is 11.5 Å². The lowest BCUT2D eigenvalue weighted by atomic mass is 9.79. The fourth-order valence-corrected chi connectivity index (χ4v) is 2.83. The van der Waals surface area contributed by atoms with Crippen LogP contribution in [0, 0.1) is 0 Å². The van der Waals surface area contributed by atoms with Gasteiger partial charge in [-0.2, -0.15) is 0 Å². The Bertz CT molecular complexity index is 692. The van der Waals surface area contributed by atoms with Crippen molar-refractivity contribution in [3.63, 3.8) is 0 Å². The molecule has 2 aromatic carbocycles. The van der Waals surface area contributed by atoms with Crippen LogP contribution < -0.4 is 4.74 Å². The molecule has 24 heavy (non-hydrogen) atoms. The van der Waals surface area contributed by atoms with E-state index in [1.165, 1.54) is 11.1 Å². The maximum atomic E-state index is 6.53. The van der Waals surface area contributed by atoms with E-state index in [0.29, 0.717) is 0 Å². The second-order valence-corrected chi connectivity index (χ2v) is 8.32. The first-order valence-electron chi connectivity index (χ1n) is 8.68. The summed E-state index contributed by atoms with van der Waals surface area (Å²) in [6.45, 7) is 15.4. The Hall–Kier alpha value is -2.02. The van der Waals surface area contributed by atoms with Crippen molar-refractivity contribution in [2.75, 3.05) is 0 Å². The van der Waals surface area contributed by atoms with Crippen molar-refractivity contribution in [3.8, 4) is 11.5 Å². The first kappa shape index (κ1) is 18.3. The van der Waals surface area contributed by atoms with Gasteiger partial charge in [0.2, 0.25) is 0 Å². The minimum Gasteiger partial charge on any atom is -0.456 e. The van der Waals surface area contributed by atoms with Gasteiger partial charge in [0.25, 0.3) is 0 Å². The minimum absolute atomic E-state index is 0.0200. The standard InChI is InChI=1S/C23H30O/c1-8-12-17-13-9-10-16-20(17)24-21-18(22(2,3)4)14-11-15-19(21)23(5,6)7/h8-16H,1-7H3. The fourth-order valence-electron chi connectivity index (χ4n) is 2.83. The summed E-state index contributed by atoms with van der Waals surface area (Å²) in [5.74, 6) is 1.90. The van der Waals surface area contributed by atoms with Gasteiger partial charge in [0, 0.05) is 16.7 Å². The van der Waals surface area contributed by atoms with Crippen LogP contribution in [0.15, 0.2) is 48.5 Å². The molecule has 0 heterocycles. The lowest BCUT2D eigenvalue weighted by molar-refractivity contribution is 0.432. The van der Waals surface area contributed by atoms with E-state index >= 15 is 0 Å². The van der Waals surface area contributed by atoms with Gasteiger partial charge in [-0.25, -0.2) is 0 Å². The first-order chi connectivity index (χ1) is 11.1. The summed E-state index contributed by atoms with van der Waals surface area (Å²) in [6.07, 6.45) is 4.13. The average molecular weight is 322 g/mol. The molecule has 0 fully saturated rings. The van der Waals surface area contributed by atoms with Crippen LogP contribution in [0.3, 0.4) is 0 Å². The van der Waals surface area contributed by atoms with Gasteiger partial charge in [0.15, 0.2) is 0 Å². The van der Waals surface area contributed by atoms with E-state index in [-0.39, 0.29) is 10.8 Å². The molecule has 1 nitrogen and oxygen atoms in total. The summed E-state index contributed by atoms with van der Waals surface area (Å²) in [5.41, 5.74) is 3.62. The van der Waals surface area contributed by atoms with Crippen molar-refractivity contribution in [2.45, 2.75) is 59.3 Å². The zero-order chi connectivity index (χ0) is 18.0. The molecule has 0 saturated carbocycles. The third-order valence-electron chi connectivity index (χ3n) is 4.11. The van der Waals surface area contributed by atoms with Gasteiger partial charge in [-0.05, 0) is 23.8 Å². The number of ether oxygens (including phenoxy) is 1. The smallest absolute Gasteiger partial charge is 0.134 e. The number of rotatable bonds is 3. The second-order valence-electron chi connectivity index (χ2n) is 8.32. The van der Waals surface area contributed by atoms with Crippen LogP contribution in [0.25, 0.3) is 6.08 Å². The molecule has 0 bridgehead atoms. The summed E-state index contributed by atoms with van der Waals surface area (Å²) in [6, 6.07) is 14.7. The van der Waals surface area contributed by atoms with Crippen molar-refractivity contribution >= 4 is 6.08 Å². The highest BCUT2D eigenvalue weighted by Crippen LogP contribution is 2.42. The molecule has 2 aromatic rings.